The molecule has 120 valence electrons. The maximum atomic E-state index is 11.5. The first kappa shape index (κ1) is 16.4. The molecule has 0 aliphatic rings. The second-order valence-corrected chi connectivity index (χ2v) is 5.14. The van der Waals surface area contributed by atoms with Crippen LogP contribution in [0.15, 0.2) is 54.6 Å². The molecule has 0 saturated heterocycles. The van der Waals surface area contributed by atoms with Crippen molar-refractivity contribution in [3.63, 3.8) is 0 Å². The summed E-state index contributed by atoms with van der Waals surface area (Å²) in [5.74, 6) is -0.0358. The van der Waals surface area contributed by atoms with Crippen molar-refractivity contribution in [1.29, 1.82) is 0 Å². The van der Waals surface area contributed by atoms with Gasteiger partial charge in [-0.3, -0.25) is 4.79 Å². The van der Waals surface area contributed by atoms with E-state index in [-0.39, 0.29) is 5.78 Å². The lowest BCUT2D eigenvalue weighted by atomic mass is 10.1. The van der Waals surface area contributed by atoms with Crippen LogP contribution in [0.3, 0.4) is 0 Å². The van der Waals surface area contributed by atoms with Crippen molar-refractivity contribution >= 4 is 28.5 Å². The third-order valence-corrected chi connectivity index (χ3v) is 3.43. The Balaban J connectivity index is 1.82. The first-order valence-corrected chi connectivity index (χ1v) is 7.46. The first-order valence-electron chi connectivity index (χ1n) is 7.46. The third-order valence-electron chi connectivity index (χ3n) is 3.43. The highest BCUT2D eigenvalue weighted by Crippen LogP contribution is 2.22. The minimum absolute atomic E-state index is 0.0358. The molecular weight excluding hydrogens is 288 g/mol. The maximum Gasteiger partial charge on any atom is 0.161 e. The number of para-hydroxylation sites is 3. The van der Waals surface area contributed by atoms with Gasteiger partial charge < -0.3 is 22.1 Å². The van der Waals surface area contributed by atoms with Crippen LogP contribution < -0.4 is 22.1 Å². The standard InChI is InChI=1S/C18H22N4O/c1-13(23)14-7-6-10-17(18(14)20)22-12-5-4-11-21-16-9-3-2-8-15(16)19/h2-10,21-22H,11-12,19-20H2,1H3/b5-4+. The molecule has 23 heavy (non-hydrogen) atoms. The molecule has 6 N–H and O–H groups in total. The SMILES string of the molecule is CC(=O)c1cccc(NC/C=C/CNc2ccccc2N)c1N. The summed E-state index contributed by atoms with van der Waals surface area (Å²) in [7, 11) is 0. The van der Waals surface area contributed by atoms with Crippen LogP contribution in [0, 0.1) is 0 Å². The summed E-state index contributed by atoms with van der Waals surface area (Å²) in [5, 5.41) is 6.44. The van der Waals surface area contributed by atoms with Crippen LogP contribution in [0.5, 0.6) is 0 Å². The number of Topliss-reactive ketones (excluding diaryl/α,β-unsaturated/α-hetero) is 1. The van der Waals surface area contributed by atoms with E-state index in [9.17, 15) is 4.79 Å². The van der Waals surface area contributed by atoms with Crippen molar-refractivity contribution in [2.24, 2.45) is 0 Å². The van der Waals surface area contributed by atoms with E-state index < -0.39 is 0 Å². The molecule has 5 nitrogen and oxygen atoms in total. The van der Waals surface area contributed by atoms with E-state index in [1.807, 2.05) is 48.6 Å². The normalized spacial score (nSPS) is 10.7. The number of ketones is 1. The molecule has 0 heterocycles. The van der Waals surface area contributed by atoms with Gasteiger partial charge in [-0.1, -0.05) is 30.4 Å². The number of hydrogen-bond donors (Lipinski definition) is 4. The highest BCUT2D eigenvalue weighted by atomic mass is 16.1. The number of hydrogen-bond acceptors (Lipinski definition) is 5. The summed E-state index contributed by atoms with van der Waals surface area (Å²) in [5.41, 5.74) is 15.3. The number of anilines is 4. The van der Waals surface area contributed by atoms with Crippen molar-refractivity contribution < 1.29 is 4.79 Å². The molecule has 5 heteroatoms. The van der Waals surface area contributed by atoms with Crippen molar-refractivity contribution in [2.75, 3.05) is 35.2 Å². The van der Waals surface area contributed by atoms with Crippen LogP contribution in [-0.4, -0.2) is 18.9 Å². The Kier molecular flexibility index (Phi) is 5.63. The number of nitrogens with one attached hydrogen (secondary N) is 2. The lowest BCUT2D eigenvalue weighted by molar-refractivity contribution is 0.101. The number of nitrogens with two attached hydrogens (primary N) is 2. The van der Waals surface area contributed by atoms with Crippen molar-refractivity contribution in [1.82, 2.24) is 0 Å². The zero-order valence-corrected chi connectivity index (χ0v) is 13.2. The average Bonchev–Trinajstić information content (AvgIpc) is 2.53. The molecule has 0 aliphatic heterocycles. The molecule has 0 bridgehead atoms. The van der Waals surface area contributed by atoms with E-state index in [1.165, 1.54) is 6.92 Å². The van der Waals surface area contributed by atoms with Gasteiger partial charge in [-0.05, 0) is 31.2 Å². The van der Waals surface area contributed by atoms with Crippen LogP contribution >= 0.6 is 0 Å². The molecular formula is C18H22N4O. The number of benzene rings is 2. The molecule has 2 rings (SSSR count). The van der Waals surface area contributed by atoms with Gasteiger partial charge in [-0.2, -0.15) is 0 Å². The Labute approximate surface area is 136 Å². The molecule has 0 atom stereocenters. The molecule has 0 aliphatic carbocycles. The molecule has 0 fully saturated rings. The molecule has 0 spiro atoms. The van der Waals surface area contributed by atoms with Gasteiger partial charge in [0.25, 0.3) is 0 Å². The second-order valence-electron chi connectivity index (χ2n) is 5.14. The van der Waals surface area contributed by atoms with Crippen molar-refractivity contribution in [3.05, 3.63) is 60.2 Å². The van der Waals surface area contributed by atoms with Crippen molar-refractivity contribution in [3.8, 4) is 0 Å². The molecule has 2 aromatic rings. The van der Waals surface area contributed by atoms with Gasteiger partial charge in [0.05, 0.1) is 22.7 Å². The minimum atomic E-state index is -0.0358. The average molecular weight is 310 g/mol. The molecule has 0 aromatic heterocycles. The highest BCUT2D eigenvalue weighted by molar-refractivity contribution is 6.01. The highest BCUT2D eigenvalue weighted by Gasteiger charge is 2.07. The first-order chi connectivity index (χ1) is 11.1. The number of nitrogen functional groups attached to an aromatic ring is 2. The summed E-state index contributed by atoms with van der Waals surface area (Å²) < 4.78 is 0. The van der Waals surface area contributed by atoms with Gasteiger partial charge in [0.1, 0.15) is 0 Å². The number of rotatable bonds is 7. The smallest absolute Gasteiger partial charge is 0.161 e. The van der Waals surface area contributed by atoms with Gasteiger partial charge in [-0.25, -0.2) is 0 Å². The fraction of sp³-hybridized carbons (Fsp3) is 0.167. The minimum Gasteiger partial charge on any atom is -0.397 e. The largest absolute Gasteiger partial charge is 0.397 e. The van der Waals surface area contributed by atoms with Crippen LogP contribution in [0.1, 0.15) is 17.3 Å². The zero-order valence-electron chi connectivity index (χ0n) is 13.2. The quantitative estimate of drug-likeness (QED) is 0.358. The van der Waals surface area contributed by atoms with E-state index in [1.54, 1.807) is 6.07 Å². The van der Waals surface area contributed by atoms with E-state index in [0.29, 0.717) is 24.3 Å². The Morgan fingerprint density at radius 1 is 0.957 bits per heavy atom. The predicted molar refractivity (Wildman–Crippen MR) is 97.8 cm³/mol. The van der Waals surface area contributed by atoms with Gasteiger partial charge in [0.2, 0.25) is 0 Å². The molecule has 0 unspecified atom stereocenters. The number of carbonyl (C=O) groups is 1. The van der Waals surface area contributed by atoms with Crippen LogP contribution in [0.25, 0.3) is 0 Å². The third kappa shape index (κ3) is 4.51. The Morgan fingerprint density at radius 2 is 1.57 bits per heavy atom. The van der Waals surface area contributed by atoms with Gasteiger partial charge in [-0.15, -0.1) is 0 Å². The molecule has 0 saturated carbocycles. The summed E-state index contributed by atoms with van der Waals surface area (Å²) >= 11 is 0. The fourth-order valence-electron chi connectivity index (χ4n) is 2.19. The summed E-state index contributed by atoms with van der Waals surface area (Å²) in [6.45, 7) is 2.81. The lowest BCUT2D eigenvalue weighted by Gasteiger charge is -2.10. The van der Waals surface area contributed by atoms with E-state index in [2.05, 4.69) is 10.6 Å². The second kappa shape index (κ2) is 7.89. The number of carbonyl (C=O) groups excluding carboxylic acids is 1. The molecule has 0 amide bonds. The lowest BCUT2D eigenvalue weighted by Crippen LogP contribution is -2.07. The molecule has 2 aromatic carbocycles. The Hall–Kier alpha value is -2.95. The van der Waals surface area contributed by atoms with Gasteiger partial charge in [0, 0.05) is 18.7 Å². The topological polar surface area (TPSA) is 93.2 Å². The van der Waals surface area contributed by atoms with Crippen molar-refractivity contribution in [2.45, 2.75) is 6.92 Å². The summed E-state index contributed by atoms with van der Waals surface area (Å²) in [4.78, 5) is 11.5. The maximum absolute atomic E-state index is 11.5. The monoisotopic (exact) mass is 310 g/mol. The fourth-order valence-corrected chi connectivity index (χ4v) is 2.19. The van der Waals surface area contributed by atoms with Gasteiger partial charge in [0.15, 0.2) is 5.78 Å². The Bertz CT molecular complexity index is 710. The van der Waals surface area contributed by atoms with Gasteiger partial charge >= 0.3 is 0 Å². The van der Waals surface area contributed by atoms with E-state index in [0.717, 1.165) is 17.1 Å². The summed E-state index contributed by atoms with van der Waals surface area (Å²) in [6, 6.07) is 13.0. The van der Waals surface area contributed by atoms with E-state index >= 15 is 0 Å². The van der Waals surface area contributed by atoms with E-state index in [4.69, 9.17) is 11.5 Å². The Morgan fingerprint density at radius 3 is 2.22 bits per heavy atom. The zero-order chi connectivity index (χ0) is 16.7. The molecule has 0 radical (unpaired) electrons. The van der Waals surface area contributed by atoms with Crippen LogP contribution in [0.2, 0.25) is 0 Å². The predicted octanol–water partition coefficient (Wildman–Crippen LogP) is 3.13. The summed E-state index contributed by atoms with van der Waals surface area (Å²) in [6.07, 6.45) is 4.00. The van der Waals surface area contributed by atoms with Crippen LogP contribution in [0.4, 0.5) is 22.7 Å². The van der Waals surface area contributed by atoms with Crippen LogP contribution in [-0.2, 0) is 0 Å².